The Kier molecular flexibility index (Phi) is 5.37. The molecule has 1 saturated heterocycles. The second-order valence-electron chi connectivity index (χ2n) is 7.77. The zero-order valence-electron chi connectivity index (χ0n) is 16.5. The normalized spacial score (nSPS) is 19.5. The van der Waals surface area contributed by atoms with E-state index < -0.39 is 5.91 Å². The minimum Gasteiger partial charge on any atom is -0.484 e. The summed E-state index contributed by atoms with van der Waals surface area (Å²) < 4.78 is 5.43. The van der Waals surface area contributed by atoms with E-state index in [1.807, 2.05) is 24.5 Å². The molecular weight excluding hydrogens is 354 g/mol. The number of benzene rings is 1. The van der Waals surface area contributed by atoms with Crippen LogP contribution < -0.4 is 10.5 Å². The average Bonchev–Trinajstić information content (AvgIpc) is 3.19. The fraction of sp³-hybridized carbons (Fsp3) is 0.524. The largest absolute Gasteiger partial charge is 0.484 e. The maximum absolute atomic E-state index is 10.9. The summed E-state index contributed by atoms with van der Waals surface area (Å²) in [4.78, 5) is 24.1. The number of nitrogens with two attached hydrogens (primary N) is 1. The van der Waals surface area contributed by atoms with Crippen molar-refractivity contribution in [3.8, 4) is 5.75 Å². The van der Waals surface area contributed by atoms with E-state index in [4.69, 9.17) is 15.5 Å². The number of likely N-dealkylation sites (N-methyl/N-ethyl adjacent to an activating group) is 1. The highest BCUT2D eigenvalue weighted by molar-refractivity contribution is 5.75. The number of carbonyl (C=O) groups is 1. The van der Waals surface area contributed by atoms with Gasteiger partial charge in [-0.05, 0) is 37.1 Å². The summed E-state index contributed by atoms with van der Waals surface area (Å²) in [5, 5.41) is 0. The number of fused-ring (bicyclic) bond motifs is 2. The van der Waals surface area contributed by atoms with Crippen LogP contribution in [0.1, 0.15) is 36.7 Å². The number of piperidine rings is 1. The van der Waals surface area contributed by atoms with Crippen molar-refractivity contribution in [2.45, 2.75) is 38.3 Å². The Labute approximate surface area is 165 Å². The van der Waals surface area contributed by atoms with Gasteiger partial charge in [-0.15, -0.1) is 0 Å². The van der Waals surface area contributed by atoms with Crippen LogP contribution >= 0.6 is 0 Å². The molecule has 0 unspecified atom stereocenters. The first kappa shape index (κ1) is 19.0. The number of aromatic amines is 1. The summed E-state index contributed by atoms with van der Waals surface area (Å²) in [6, 6.07) is 7.93. The van der Waals surface area contributed by atoms with Crippen LogP contribution in [0.25, 0.3) is 0 Å². The number of imidazole rings is 1. The lowest BCUT2D eigenvalue weighted by Gasteiger charge is -2.50. The third-order valence-electron chi connectivity index (χ3n) is 6.15. The van der Waals surface area contributed by atoms with Crippen molar-refractivity contribution >= 4 is 5.91 Å². The van der Waals surface area contributed by atoms with Crippen LogP contribution in [-0.2, 0) is 23.3 Å². The Bertz CT molecular complexity index is 826. The van der Waals surface area contributed by atoms with Gasteiger partial charge in [0.25, 0.3) is 5.91 Å². The molecule has 0 atom stereocenters. The number of ether oxygens (including phenoxy) is 1. The van der Waals surface area contributed by atoms with Crippen LogP contribution in [0.4, 0.5) is 0 Å². The van der Waals surface area contributed by atoms with E-state index in [1.165, 1.54) is 17.0 Å². The van der Waals surface area contributed by atoms with Gasteiger partial charge in [-0.3, -0.25) is 14.6 Å². The Morgan fingerprint density at radius 2 is 2.14 bits per heavy atom. The highest BCUT2D eigenvalue weighted by atomic mass is 16.5. The molecule has 4 rings (SSSR count). The van der Waals surface area contributed by atoms with Crippen molar-refractivity contribution in [2.24, 2.45) is 5.73 Å². The van der Waals surface area contributed by atoms with Crippen molar-refractivity contribution < 1.29 is 9.53 Å². The van der Waals surface area contributed by atoms with E-state index >= 15 is 0 Å². The number of amides is 1. The van der Waals surface area contributed by atoms with Gasteiger partial charge in [0.15, 0.2) is 6.61 Å². The summed E-state index contributed by atoms with van der Waals surface area (Å²) in [5.41, 5.74) is 9.01. The van der Waals surface area contributed by atoms with E-state index in [2.05, 4.69) is 27.8 Å². The number of rotatable bonds is 6. The Morgan fingerprint density at radius 1 is 1.32 bits per heavy atom. The number of carbonyl (C=O) groups excluding carboxylic acids is 1. The van der Waals surface area contributed by atoms with Crippen LogP contribution in [0.5, 0.6) is 5.75 Å². The molecule has 3 heterocycles. The molecule has 0 aliphatic carbocycles. The van der Waals surface area contributed by atoms with Gasteiger partial charge in [-0.25, -0.2) is 4.98 Å². The lowest BCUT2D eigenvalue weighted by atomic mass is 9.78. The molecule has 1 aromatic carbocycles. The van der Waals surface area contributed by atoms with Crippen molar-refractivity contribution in [1.29, 1.82) is 0 Å². The Balaban J connectivity index is 1.42. The van der Waals surface area contributed by atoms with Gasteiger partial charge in [-0.1, -0.05) is 19.1 Å². The summed E-state index contributed by atoms with van der Waals surface area (Å²) in [5.74, 6) is 0.229. The minimum atomic E-state index is -0.461. The van der Waals surface area contributed by atoms with E-state index in [0.717, 1.165) is 52.0 Å². The summed E-state index contributed by atoms with van der Waals surface area (Å²) in [7, 11) is 0. The number of hydrogen-bond donors (Lipinski definition) is 2. The topological polar surface area (TPSA) is 87.5 Å². The smallest absolute Gasteiger partial charge is 0.255 e. The van der Waals surface area contributed by atoms with Gasteiger partial charge >= 0.3 is 0 Å². The minimum absolute atomic E-state index is 0.0747. The van der Waals surface area contributed by atoms with Crippen LogP contribution in [0, 0.1) is 0 Å². The number of nitrogens with zero attached hydrogens (tertiary/aromatic N) is 3. The molecule has 7 heteroatoms. The zero-order valence-corrected chi connectivity index (χ0v) is 16.5. The molecule has 0 bridgehead atoms. The second kappa shape index (κ2) is 7.93. The van der Waals surface area contributed by atoms with E-state index in [1.54, 1.807) is 0 Å². The molecular formula is C21H29N5O2. The predicted molar refractivity (Wildman–Crippen MR) is 107 cm³/mol. The molecule has 1 spiro atoms. The SMILES string of the molecule is CCN1CCc2[nH]cnc2C12CCN(Cc1cccc(OCC(N)=O)c1)CC2. The summed E-state index contributed by atoms with van der Waals surface area (Å²) in [6.45, 7) is 7.28. The van der Waals surface area contributed by atoms with E-state index in [-0.39, 0.29) is 12.1 Å². The van der Waals surface area contributed by atoms with Gasteiger partial charge in [0.05, 0.1) is 17.6 Å². The molecule has 2 aliphatic rings. The maximum atomic E-state index is 10.9. The van der Waals surface area contributed by atoms with Crippen molar-refractivity contribution in [2.75, 3.05) is 32.8 Å². The number of nitrogens with one attached hydrogen (secondary N) is 1. The van der Waals surface area contributed by atoms with Gasteiger partial charge < -0.3 is 15.5 Å². The Hall–Kier alpha value is -2.38. The molecule has 2 aromatic rings. The van der Waals surface area contributed by atoms with Crippen LogP contribution in [0.3, 0.4) is 0 Å². The van der Waals surface area contributed by atoms with E-state index in [9.17, 15) is 4.79 Å². The van der Waals surface area contributed by atoms with Crippen LogP contribution in [-0.4, -0.2) is 58.5 Å². The highest BCUT2D eigenvalue weighted by Crippen LogP contribution is 2.42. The second-order valence-corrected chi connectivity index (χ2v) is 7.77. The molecule has 150 valence electrons. The van der Waals surface area contributed by atoms with Crippen molar-refractivity contribution in [1.82, 2.24) is 19.8 Å². The molecule has 28 heavy (non-hydrogen) atoms. The van der Waals surface area contributed by atoms with Crippen molar-refractivity contribution in [3.63, 3.8) is 0 Å². The Morgan fingerprint density at radius 3 is 2.89 bits per heavy atom. The monoisotopic (exact) mass is 383 g/mol. The number of H-pyrrole nitrogens is 1. The van der Waals surface area contributed by atoms with Crippen molar-refractivity contribution in [3.05, 3.63) is 47.5 Å². The number of hydrogen-bond acceptors (Lipinski definition) is 5. The number of primary amides is 1. The third kappa shape index (κ3) is 3.64. The molecule has 1 aromatic heterocycles. The fourth-order valence-corrected chi connectivity index (χ4v) is 4.76. The predicted octanol–water partition coefficient (Wildman–Crippen LogP) is 1.64. The lowest BCUT2D eigenvalue weighted by molar-refractivity contribution is -0.119. The zero-order chi connectivity index (χ0) is 19.6. The van der Waals surface area contributed by atoms with Crippen LogP contribution in [0.15, 0.2) is 30.6 Å². The lowest BCUT2D eigenvalue weighted by Crippen LogP contribution is -2.56. The van der Waals surface area contributed by atoms with E-state index in [0.29, 0.717) is 5.75 Å². The van der Waals surface area contributed by atoms with Crippen LogP contribution in [0.2, 0.25) is 0 Å². The fourth-order valence-electron chi connectivity index (χ4n) is 4.76. The quantitative estimate of drug-likeness (QED) is 0.792. The average molecular weight is 383 g/mol. The van der Waals surface area contributed by atoms with Gasteiger partial charge in [0, 0.05) is 38.3 Å². The summed E-state index contributed by atoms with van der Waals surface area (Å²) >= 11 is 0. The molecule has 0 radical (unpaired) electrons. The summed E-state index contributed by atoms with van der Waals surface area (Å²) in [6.07, 6.45) is 5.11. The number of aromatic nitrogens is 2. The standard InChI is InChI=1S/C21H29N5O2/c1-2-26-9-6-18-20(24-15-23-18)21(26)7-10-25(11-8-21)13-16-4-3-5-17(12-16)28-14-19(22)27/h3-5,12,15H,2,6-11,13-14H2,1H3,(H2,22,27)(H,23,24). The highest BCUT2D eigenvalue weighted by Gasteiger charge is 2.45. The first-order valence-corrected chi connectivity index (χ1v) is 10.1. The molecule has 7 nitrogen and oxygen atoms in total. The number of likely N-dealkylation sites (tertiary alicyclic amines) is 1. The molecule has 1 fully saturated rings. The first-order chi connectivity index (χ1) is 13.6. The molecule has 0 saturated carbocycles. The molecule has 2 aliphatic heterocycles. The maximum Gasteiger partial charge on any atom is 0.255 e. The first-order valence-electron chi connectivity index (χ1n) is 10.1. The van der Waals surface area contributed by atoms with Gasteiger partial charge in [0.1, 0.15) is 5.75 Å². The molecule has 3 N–H and O–H groups in total. The third-order valence-corrected chi connectivity index (χ3v) is 6.15. The van der Waals surface area contributed by atoms with Gasteiger partial charge in [0.2, 0.25) is 0 Å². The van der Waals surface area contributed by atoms with Gasteiger partial charge in [-0.2, -0.15) is 0 Å². The molecule has 1 amide bonds.